The van der Waals surface area contributed by atoms with E-state index in [1.807, 2.05) is 6.92 Å². The summed E-state index contributed by atoms with van der Waals surface area (Å²) in [5.41, 5.74) is 1.96. The lowest BCUT2D eigenvalue weighted by molar-refractivity contribution is -0.116. The van der Waals surface area contributed by atoms with Gasteiger partial charge in [-0.05, 0) is 31.0 Å². The van der Waals surface area contributed by atoms with Crippen LogP contribution in [0.4, 0.5) is 0 Å². The predicted octanol–water partition coefficient (Wildman–Crippen LogP) is 1.80. The van der Waals surface area contributed by atoms with Gasteiger partial charge in [0, 0.05) is 19.4 Å². The van der Waals surface area contributed by atoms with Crippen LogP contribution in [0.2, 0.25) is 0 Å². The Labute approximate surface area is 108 Å². The normalized spacial score (nSPS) is 36.1. The van der Waals surface area contributed by atoms with Crippen LogP contribution >= 0.6 is 0 Å². The topological polar surface area (TPSA) is 41.5 Å². The maximum Gasteiger partial charge on any atom is 0.0888 e. The molecule has 98 valence electrons. The van der Waals surface area contributed by atoms with E-state index < -0.39 is 5.60 Å². The van der Waals surface area contributed by atoms with Crippen LogP contribution in [0.15, 0.2) is 24.3 Å². The van der Waals surface area contributed by atoms with Gasteiger partial charge < -0.3 is 15.2 Å². The fourth-order valence-electron chi connectivity index (χ4n) is 3.34. The van der Waals surface area contributed by atoms with E-state index in [2.05, 4.69) is 29.6 Å². The van der Waals surface area contributed by atoms with E-state index in [1.54, 1.807) is 0 Å². The average molecular weight is 247 g/mol. The van der Waals surface area contributed by atoms with Crippen LogP contribution in [0.25, 0.3) is 0 Å². The zero-order chi connectivity index (χ0) is 12.6. The fraction of sp³-hybridized carbons (Fsp3) is 0.600. The first-order chi connectivity index (χ1) is 8.69. The molecule has 1 aromatic rings. The van der Waals surface area contributed by atoms with Crippen molar-refractivity contribution in [1.82, 2.24) is 5.32 Å². The van der Waals surface area contributed by atoms with Crippen molar-refractivity contribution >= 4 is 0 Å². The quantitative estimate of drug-likeness (QED) is 0.795. The molecular formula is C15H21NO2. The van der Waals surface area contributed by atoms with Crippen LogP contribution < -0.4 is 5.32 Å². The zero-order valence-corrected chi connectivity index (χ0v) is 10.9. The number of hydrogen-bond acceptors (Lipinski definition) is 3. The SMILES string of the molecule is CC1CC(O)(C2NCCc3ccccc32)CCO1. The summed E-state index contributed by atoms with van der Waals surface area (Å²) in [7, 11) is 0. The Morgan fingerprint density at radius 2 is 2.22 bits per heavy atom. The lowest BCUT2D eigenvalue weighted by Gasteiger charge is -2.44. The summed E-state index contributed by atoms with van der Waals surface area (Å²) in [6, 6.07) is 8.51. The molecule has 0 aliphatic carbocycles. The van der Waals surface area contributed by atoms with Crippen molar-refractivity contribution in [1.29, 1.82) is 0 Å². The Kier molecular flexibility index (Phi) is 3.14. The molecule has 3 unspecified atom stereocenters. The highest BCUT2D eigenvalue weighted by molar-refractivity contribution is 5.34. The van der Waals surface area contributed by atoms with E-state index in [0.717, 1.165) is 13.0 Å². The third kappa shape index (κ3) is 2.07. The Morgan fingerprint density at radius 1 is 1.39 bits per heavy atom. The fourth-order valence-corrected chi connectivity index (χ4v) is 3.34. The molecule has 2 heterocycles. The summed E-state index contributed by atoms with van der Waals surface area (Å²) in [5, 5.41) is 14.5. The maximum atomic E-state index is 11.0. The molecule has 2 aliphatic heterocycles. The second-order valence-corrected chi connectivity index (χ2v) is 5.58. The first-order valence-electron chi connectivity index (χ1n) is 6.84. The van der Waals surface area contributed by atoms with Gasteiger partial charge in [-0.25, -0.2) is 0 Å². The van der Waals surface area contributed by atoms with Gasteiger partial charge in [0.15, 0.2) is 0 Å². The minimum absolute atomic E-state index is 0.0498. The Bertz CT molecular complexity index is 434. The molecule has 2 N–H and O–H groups in total. The van der Waals surface area contributed by atoms with Gasteiger partial charge in [-0.2, -0.15) is 0 Å². The summed E-state index contributed by atoms with van der Waals surface area (Å²) >= 11 is 0. The van der Waals surface area contributed by atoms with E-state index in [9.17, 15) is 5.11 Å². The van der Waals surface area contributed by atoms with Crippen LogP contribution in [-0.4, -0.2) is 30.0 Å². The third-order valence-electron chi connectivity index (χ3n) is 4.22. The van der Waals surface area contributed by atoms with Gasteiger partial charge in [-0.3, -0.25) is 0 Å². The highest BCUT2D eigenvalue weighted by Gasteiger charge is 2.42. The lowest BCUT2D eigenvalue weighted by atomic mass is 9.77. The van der Waals surface area contributed by atoms with Crippen LogP contribution in [-0.2, 0) is 11.2 Å². The largest absolute Gasteiger partial charge is 0.388 e. The summed E-state index contributed by atoms with van der Waals surface area (Å²) < 4.78 is 5.56. The monoisotopic (exact) mass is 247 g/mol. The van der Waals surface area contributed by atoms with Crippen molar-refractivity contribution in [2.75, 3.05) is 13.2 Å². The van der Waals surface area contributed by atoms with Crippen LogP contribution in [0.3, 0.4) is 0 Å². The van der Waals surface area contributed by atoms with Gasteiger partial charge in [0.25, 0.3) is 0 Å². The molecule has 2 aliphatic rings. The summed E-state index contributed by atoms with van der Waals surface area (Å²) in [4.78, 5) is 0. The van der Waals surface area contributed by atoms with Crippen molar-refractivity contribution in [2.24, 2.45) is 0 Å². The summed E-state index contributed by atoms with van der Waals surface area (Å²) in [5.74, 6) is 0. The van der Waals surface area contributed by atoms with Crippen LogP contribution in [0, 0.1) is 0 Å². The Balaban J connectivity index is 1.93. The molecule has 0 spiro atoms. The molecule has 0 bridgehead atoms. The molecule has 1 aromatic carbocycles. The molecule has 1 fully saturated rings. The molecule has 0 amide bonds. The van der Waals surface area contributed by atoms with Crippen molar-refractivity contribution < 1.29 is 9.84 Å². The molecular weight excluding hydrogens is 226 g/mol. The van der Waals surface area contributed by atoms with Crippen molar-refractivity contribution in [3.63, 3.8) is 0 Å². The zero-order valence-electron chi connectivity index (χ0n) is 10.9. The predicted molar refractivity (Wildman–Crippen MR) is 70.5 cm³/mol. The molecule has 3 atom stereocenters. The Morgan fingerprint density at radius 3 is 3.06 bits per heavy atom. The van der Waals surface area contributed by atoms with Crippen molar-refractivity contribution in [2.45, 2.75) is 43.9 Å². The minimum Gasteiger partial charge on any atom is -0.388 e. The van der Waals surface area contributed by atoms with E-state index >= 15 is 0 Å². The number of benzene rings is 1. The van der Waals surface area contributed by atoms with Gasteiger partial charge in [0.1, 0.15) is 0 Å². The molecule has 1 saturated heterocycles. The van der Waals surface area contributed by atoms with E-state index in [4.69, 9.17) is 4.74 Å². The van der Waals surface area contributed by atoms with E-state index in [1.165, 1.54) is 11.1 Å². The third-order valence-corrected chi connectivity index (χ3v) is 4.22. The lowest BCUT2D eigenvalue weighted by Crippen LogP contribution is -2.51. The smallest absolute Gasteiger partial charge is 0.0888 e. The van der Waals surface area contributed by atoms with Gasteiger partial charge in [-0.1, -0.05) is 24.3 Å². The standard InChI is InChI=1S/C15H21NO2/c1-11-10-15(17,7-9-18-11)14-13-5-3-2-4-12(13)6-8-16-14/h2-5,11,14,16-17H,6-10H2,1H3. The number of nitrogens with one attached hydrogen (secondary N) is 1. The van der Waals surface area contributed by atoms with E-state index in [0.29, 0.717) is 19.4 Å². The molecule has 3 nitrogen and oxygen atoms in total. The molecule has 0 aromatic heterocycles. The van der Waals surface area contributed by atoms with Crippen molar-refractivity contribution in [3.8, 4) is 0 Å². The maximum absolute atomic E-state index is 11.0. The number of hydrogen-bond donors (Lipinski definition) is 2. The highest BCUT2D eigenvalue weighted by Crippen LogP contribution is 2.39. The van der Waals surface area contributed by atoms with Crippen LogP contribution in [0.1, 0.15) is 36.9 Å². The minimum atomic E-state index is -0.672. The van der Waals surface area contributed by atoms with Gasteiger partial charge in [0.2, 0.25) is 0 Å². The van der Waals surface area contributed by atoms with Gasteiger partial charge in [0.05, 0.1) is 17.7 Å². The number of fused-ring (bicyclic) bond motifs is 1. The number of ether oxygens (including phenoxy) is 1. The number of rotatable bonds is 1. The first kappa shape index (κ1) is 12.2. The second-order valence-electron chi connectivity index (χ2n) is 5.58. The highest BCUT2D eigenvalue weighted by atomic mass is 16.5. The molecule has 18 heavy (non-hydrogen) atoms. The first-order valence-corrected chi connectivity index (χ1v) is 6.84. The molecule has 3 rings (SSSR count). The van der Waals surface area contributed by atoms with Gasteiger partial charge >= 0.3 is 0 Å². The summed E-state index contributed by atoms with van der Waals surface area (Å²) in [6.07, 6.45) is 2.61. The van der Waals surface area contributed by atoms with Crippen LogP contribution in [0.5, 0.6) is 0 Å². The average Bonchev–Trinajstić information content (AvgIpc) is 2.38. The number of aliphatic hydroxyl groups is 1. The van der Waals surface area contributed by atoms with Crippen molar-refractivity contribution in [3.05, 3.63) is 35.4 Å². The van der Waals surface area contributed by atoms with E-state index in [-0.39, 0.29) is 12.1 Å². The second kappa shape index (κ2) is 4.65. The Hall–Kier alpha value is -0.900. The molecule has 3 heteroatoms. The molecule has 0 saturated carbocycles. The van der Waals surface area contributed by atoms with Gasteiger partial charge in [-0.15, -0.1) is 0 Å². The summed E-state index contributed by atoms with van der Waals surface area (Å²) in [6.45, 7) is 3.64. The molecule has 0 radical (unpaired) electrons.